The first kappa shape index (κ1) is 16.0. The number of para-hydroxylation sites is 2. The summed E-state index contributed by atoms with van der Waals surface area (Å²) in [6, 6.07) is 7.38. The maximum absolute atomic E-state index is 12.9. The van der Waals surface area contributed by atoms with Gasteiger partial charge in [0.1, 0.15) is 5.69 Å². The number of carbonyl (C=O) groups excluding carboxylic acids is 2. The lowest BCUT2D eigenvalue weighted by Crippen LogP contribution is -2.62. The van der Waals surface area contributed by atoms with E-state index in [4.69, 9.17) is 0 Å². The van der Waals surface area contributed by atoms with Crippen LogP contribution in [0.1, 0.15) is 29.8 Å². The van der Waals surface area contributed by atoms with Crippen LogP contribution in [-0.2, 0) is 4.79 Å². The summed E-state index contributed by atoms with van der Waals surface area (Å²) in [5.74, 6) is -0.406. The third-order valence-corrected chi connectivity index (χ3v) is 5.28. The lowest BCUT2D eigenvalue weighted by molar-refractivity contribution is -0.147. The van der Waals surface area contributed by atoms with Gasteiger partial charge in [0.25, 0.3) is 5.91 Å². The maximum atomic E-state index is 12.9. The number of likely N-dealkylation sites (tertiary alicyclic amines) is 1. The van der Waals surface area contributed by atoms with Gasteiger partial charge in [-0.2, -0.15) is 0 Å². The summed E-state index contributed by atoms with van der Waals surface area (Å²) < 4.78 is 0. The quantitative estimate of drug-likeness (QED) is 0.798. The standard InChI is InChI=1S/C18H20N4O3/c23-15-6-9-22(11-18(15)7-3-8-19-17(18)25)16(24)14-10-20-12-4-1-2-5-13(12)21-14/h1-2,4-5,10,15,23H,3,6-9,11H2,(H,19,25)/t15-,18-/m1/s1. The number of aliphatic hydroxyl groups excluding tert-OH is 1. The van der Waals surface area contributed by atoms with Crippen LogP contribution in [0.25, 0.3) is 11.0 Å². The third-order valence-electron chi connectivity index (χ3n) is 5.28. The molecule has 0 saturated carbocycles. The van der Waals surface area contributed by atoms with E-state index >= 15 is 0 Å². The van der Waals surface area contributed by atoms with Gasteiger partial charge < -0.3 is 15.3 Å². The van der Waals surface area contributed by atoms with E-state index in [1.54, 1.807) is 4.90 Å². The molecular formula is C18H20N4O3. The summed E-state index contributed by atoms with van der Waals surface area (Å²) in [5.41, 5.74) is 0.754. The third kappa shape index (κ3) is 2.64. The Kier molecular flexibility index (Phi) is 3.88. The molecule has 2 amide bonds. The van der Waals surface area contributed by atoms with E-state index in [0.717, 1.165) is 11.9 Å². The number of aliphatic hydroxyl groups is 1. The van der Waals surface area contributed by atoms with E-state index in [2.05, 4.69) is 15.3 Å². The van der Waals surface area contributed by atoms with Crippen molar-refractivity contribution in [1.29, 1.82) is 0 Å². The number of nitrogens with one attached hydrogen (secondary N) is 1. The molecule has 2 aliphatic heterocycles. The van der Waals surface area contributed by atoms with Crippen molar-refractivity contribution in [2.75, 3.05) is 19.6 Å². The molecule has 2 aliphatic rings. The van der Waals surface area contributed by atoms with Crippen LogP contribution >= 0.6 is 0 Å². The number of rotatable bonds is 1. The van der Waals surface area contributed by atoms with Crippen molar-refractivity contribution in [3.63, 3.8) is 0 Å². The lowest BCUT2D eigenvalue weighted by atomic mass is 9.71. The second kappa shape index (κ2) is 6.07. The molecule has 2 aromatic rings. The molecule has 25 heavy (non-hydrogen) atoms. The molecule has 1 aromatic heterocycles. The molecular weight excluding hydrogens is 320 g/mol. The number of hydrogen-bond acceptors (Lipinski definition) is 5. The largest absolute Gasteiger partial charge is 0.392 e. The van der Waals surface area contributed by atoms with Gasteiger partial charge in [-0.3, -0.25) is 14.6 Å². The Labute approximate surface area is 145 Å². The summed E-state index contributed by atoms with van der Waals surface area (Å²) >= 11 is 0. The molecule has 7 nitrogen and oxygen atoms in total. The van der Waals surface area contributed by atoms with Crippen molar-refractivity contribution in [2.24, 2.45) is 5.41 Å². The van der Waals surface area contributed by atoms with E-state index in [-0.39, 0.29) is 24.1 Å². The molecule has 0 unspecified atom stereocenters. The zero-order chi connectivity index (χ0) is 17.4. The van der Waals surface area contributed by atoms with Gasteiger partial charge in [-0.15, -0.1) is 0 Å². The topological polar surface area (TPSA) is 95.4 Å². The Morgan fingerprint density at radius 2 is 2.12 bits per heavy atom. The highest BCUT2D eigenvalue weighted by atomic mass is 16.3. The summed E-state index contributed by atoms with van der Waals surface area (Å²) in [6.07, 6.45) is 2.54. The first-order chi connectivity index (χ1) is 12.1. The molecule has 4 rings (SSSR count). The number of amides is 2. The Hall–Kier alpha value is -2.54. The van der Waals surface area contributed by atoms with Crippen LogP contribution < -0.4 is 5.32 Å². The van der Waals surface area contributed by atoms with Gasteiger partial charge in [0, 0.05) is 19.6 Å². The van der Waals surface area contributed by atoms with Crippen molar-refractivity contribution in [3.05, 3.63) is 36.2 Å². The van der Waals surface area contributed by atoms with Gasteiger partial charge in [-0.05, 0) is 31.4 Å². The number of nitrogens with zero attached hydrogens (tertiary/aromatic N) is 3. The van der Waals surface area contributed by atoms with Gasteiger partial charge in [0.2, 0.25) is 5.91 Å². The molecule has 2 atom stereocenters. The second-order valence-corrected chi connectivity index (χ2v) is 6.79. The number of benzene rings is 1. The Balaban J connectivity index is 1.62. The Bertz CT molecular complexity index is 840. The summed E-state index contributed by atoms with van der Waals surface area (Å²) in [5, 5.41) is 13.3. The van der Waals surface area contributed by atoms with Gasteiger partial charge in [-0.25, -0.2) is 4.98 Å². The first-order valence-electron chi connectivity index (χ1n) is 8.58. The van der Waals surface area contributed by atoms with Crippen molar-refractivity contribution >= 4 is 22.8 Å². The van der Waals surface area contributed by atoms with Crippen molar-refractivity contribution in [2.45, 2.75) is 25.4 Å². The first-order valence-corrected chi connectivity index (χ1v) is 8.58. The molecule has 0 bridgehead atoms. The highest BCUT2D eigenvalue weighted by Crippen LogP contribution is 2.37. The molecule has 1 aromatic carbocycles. The summed E-state index contributed by atoms with van der Waals surface area (Å²) in [6.45, 7) is 1.24. The van der Waals surface area contributed by atoms with Gasteiger partial charge in [0.15, 0.2) is 0 Å². The highest BCUT2D eigenvalue weighted by Gasteiger charge is 2.50. The van der Waals surface area contributed by atoms with Crippen LogP contribution in [0, 0.1) is 5.41 Å². The number of aromatic nitrogens is 2. The fourth-order valence-electron chi connectivity index (χ4n) is 3.84. The molecule has 130 valence electrons. The van der Waals surface area contributed by atoms with E-state index < -0.39 is 11.5 Å². The van der Waals surface area contributed by atoms with Crippen molar-refractivity contribution in [3.8, 4) is 0 Å². The molecule has 7 heteroatoms. The van der Waals surface area contributed by atoms with E-state index in [0.29, 0.717) is 31.4 Å². The predicted octanol–water partition coefficient (Wildman–Crippen LogP) is 0.733. The van der Waals surface area contributed by atoms with E-state index in [9.17, 15) is 14.7 Å². The fourth-order valence-corrected chi connectivity index (χ4v) is 3.84. The zero-order valence-electron chi connectivity index (χ0n) is 13.8. The number of fused-ring (bicyclic) bond motifs is 1. The van der Waals surface area contributed by atoms with Crippen molar-refractivity contribution in [1.82, 2.24) is 20.2 Å². The smallest absolute Gasteiger partial charge is 0.274 e. The minimum Gasteiger partial charge on any atom is -0.392 e. The molecule has 0 radical (unpaired) electrons. The molecule has 1 spiro atoms. The van der Waals surface area contributed by atoms with Crippen LogP contribution in [0.4, 0.5) is 0 Å². The number of hydrogen-bond donors (Lipinski definition) is 2. The maximum Gasteiger partial charge on any atom is 0.274 e. The SMILES string of the molecule is O=C(c1cnc2ccccc2n1)N1CC[C@@H](O)[C@@]2(CCCNC2=O)C1. The fraction of sp³-hybridized carbons (Fsp3) is 0.444. The van der Waals surface area contributed by atoms with E-state index in [1.165, 1.54) is 6.20 Å². The van der Waals surface area contributed by atoms with Gasteiger partial charge in [0.05, 0.1) is 28.7 Å². The predicted molar refractivity (Wildman–Crippen MR) is 90.7 cm³/mol. The molecule has 0 aliphatic carbocycles. The highest BCUT2D eigenvalue weighted by molar-refractivity contribution is 5.94. The number of carbonyl (C=O) groups is 2. The zero-order valence-corrected chi connectivity index (χ0v) is 13.8. The molecule has 2 fully saturated rings. The molecule has 3 heterocycles. The van der Waals surface area contributed by atoms with Crippen molar-refractivity contribution < 1.29 is 14.7 Å². The average Bonchev–Trinajstić information content (AvgIpc) is 2.65. The average molecular weight is 340 g/mol. The van der Waals surface area contributed by atoms with E-state index in [1.807, 2.05) is 24.3 Å². The van der Waals surface area contributed by atoms with Crippen LogP contribution in [0.3, 0.4) is 0 Å². The van der Waals surface area contributed by atoms with Gasteiger partial charge in [-0.1, -0.05) is 12.1 Å². The Morgan fingerprint density at radius 1 is 1.32 bits per heavy atom. The second-order valence-electron chi connectivity index (χ2n) is 6.79. The summed E-state index contributed by atoms with van der Waals surface area (Å²) in [4.78, 5) is 35.6. The summed E-state index contributed by atoms with van der Waals surface area (Å²) in [7, 11) is 0. The van der Waals surface area contributed by atoms with Crippen LogP contribution in [0.15, 0.2) is 30.5 Å². The normalized spacial score (nSPS) is 26.7. The Morgan fingerprint density at radius 3 is 2.92 bits per heavy atom. The minimum atomic E-state index is -0.906. The molecule has 2 N–H and O–H groups in total. The minimum absolute atomic E-state index is 0.159. The lowest BCUT2D eigenvalue weighted by Gasteiger charge is -2.46. The number of piperidine rings is 2. The van der Waals surface area contributed by atoms with Crippen LogP contribution in [0.5, 0.6) is 0 Å². The molecule has 2 saturated heterocycles. The van der Waals surface area contributed by atoms with Gasteiger partial charge >= 0.3 is 0 Å². The monoisotopic (exact) mass is 340 g/mol. The van der Waals surface area contributed by atoms with Crippen LogP contribution in [-0.4, -0.2) is 57.5 Å². The van der Waals surface area contributed by atoms with Crippen LogP contribution in [0.2, 0.25) is 0 Å².